The Morgan fingerprint density at radius 3 is 2.27 bits per heavy atom. The van der Waals surface area contributed by atoms with Crippen LogP contribution in [0.3, 0.4) is 0 Å². The Morgan fingerprint density at radius 2 is 1.58 bits per heavy atom. The Labute approximate surface area is 155 Å². The van der Waals surface area contributed by atoms with Gasteiger partial charge in [-0.05, 0) is 48.0 Å². The SMILES string of the molecule is Fc1ccc(C2=NN(c3ccc(Cl)cc3)[C@@H](c3ccccc3F)C2)cc1. The average Bonchev–Trinajstić information content (AvgIpc) is 3.08. The smallest absolute Gasteiger partial charge is 0.128 e. The number of benzene rings is 3. The van der Waals surface area contributed by atoms with Crippen molar-refractivity contribution in [2.24, 2.45) is 5.10 Å². The van der Waals surface area contributed by atoms with E-state index in [-0.39, 0.29) is 17.7 Å². The fraction of sp³-hybridized carbons (Fsp3) is 0.0952. The molecule has 0 unspecified atom stereocenters. The highest BCUT2D eigenvalue weighted by atomic mass is 35.5. The lowest BCUT2D eigenvalue weighted by Gasteiger charge is -2.24. The summed E-state index contributed by atoms with van der Waals surface area (Å²) in [4.78, 5) is 0. The Kier molecular flexibility index (Phi) is 4.43. The van der Waals surface area contributed by atoms with Crippen LogP contribution in [-0.4, -0.2) is 5.71 Å². The molecule has 1 aliphatic heterocycles. The van der Waals surface area contributed by atoms with Crippen LogP contribution in [0.25, 0.3) is 0 Å². The van der Waals surface area contributed by atoms with Crippen molar-refractivity contribution in [3.05, 3.63) is 101 Å². The van der Waals surface area contributed by atoms with Crippen molar-refractivity contribution in [3.8, 4) is 0 Å². The Balaban J connectivity index is 1.77. The number of anilines is 1. The molecule has 0 spiro atoms. The predicted molar refractivity (Wildman–Crippen MR) is 101 cm³/mol. The van der Waals surface area contributed by atoms with Crippen LogP contribution >= 0.6 is 11.6 Å². The van der Waals surface area contributed by atoms with E-state index in [0.29, 0.717) is 17.0 Å². The van der Waals surface area contributed by atoms with Crippen LogP contribution in [0.4, 0.5) is 14.5 Å². The van der Waals surface area contributed by atoms with Crippen molar-refractivity contribution in [2.45, 2.75) is 12.5 Å². The van der Waals surface area contributed by atoms with E-state index in [2.05, 4.69) is 0 Å². The standard InChI is InChI=1S/C21H15ClF2N2/c22-15-7-11-17(12-8-15)26-21(18-3-1-2-4-19(18)24)13-20(25-26)14-5-9-16(23)10-6-14/h1-12,21H,13H2/t21-/m1/s1. The van der Waals surface area contributed by atoms with Gasteiger partial charge in [-0.15, -0.1) is 0 Å². The molecule has 130 valence electrons. The zero-order valence-electron chi connectivity index (χ0n) is 13.7. The normalized spacial score (nSPS) is 16.7. The van der Waals surface area contributed by atoms with Gasteiger partial charge in [0.05, 0.1) is 17.4 Å². The minimum Gasteiger partial charge on any atom is -0.257 e. The number of hydrogen-bond acceptors (Lipinski definition) is 2. The van der Waals surface area contributed by atoms with Gasteiger partial charge in [0.1, 0.15) is 11.6 Å². The van der Waals surface area contributed by atoms with Gasteiger partial charge in [-0.3, -0.25) is 5.01 Å². The van der Waals surface area contributed by atoms with Crippen LogP contribution in [0.2, 0.25) is 5.02 Å². The van der Waals surface area contributed by atoms with Gasteiger partial charge in [0.2, 0.25) is 0 Å². The topological polar surface area (TPSA) is 15.6 Å². The summed E-state index contributed by atoms with van der Waals surface area (Å²) in [6.45, 7) is 0. The Bertz CT molecular complexity index is 953. The second-order valence-corrected chi connectivity index (χ2v) is 6.55. The van der Waals surface area contributed by atoms with Gasteiger partial charge >= 0.3 is 0 Å². The quantitative estimate of drug-likeness (QED) is 0.555. The summed E-state index contributed by atoms with van der Waals surface area (Å²) in [7, 11) is 0. The summed E-state index contributed by atoms with van der Waals surface area (Å²) in [5, 5.41) is 7.13. The molecule has 3 aromatic carbocycles. The summed E-state index contributed by atoms with van der Waals surface area (Å²) in [6, 6.07) is 19.9. The lowest BCUT2D eigenvalue weighted by Crippen LogP contribution is -2.19. The van der Waals surface area contributed by atoms with Gasteiger partial charge in [0.15, 0.2) is 0 Å². The fourth-order valence-corrected chi connectivity index (χ4v) is 3.27. The first-order chi connectivity index (χ1) is 12.6. The van der Waals surface area contributed by atoms with Gasteiger partial charge < -0.3 is 0 Å². The molecule has 5 heteroatoms. The zero-order chi connectivity index (χ0) is 18.1. The van der Waals surface area contributed by atoms with E-state index in [1.807, 2.05) is 18.2 Å². The summed E-state index contributed by atoms with van der Waals surface area (Å²) >= 11 is 5.99. The van der Waals surface area contributed by atoms with E-state index >= 15 is 0 Å². The third-order valence-corrected chi connectivity index (χ3v) is 4.70. The van der Waals surface area contributed by atoms with E-state index in [9.17, 15) is 8.78 Å². The molecule has 0 fully saturated rings. The maximum absolute atomic E-state index is 14.4. The molecule has 0 aliphatic carbocycles. The molecule has 0 bridgehead atoms. The first-order valence-corrected chi connectivity index (χ1v) is 8.62. The van der Waals surface area contributed by atoms with Gasteiger partial charge in [-0.2, -0.15) is 5.10 Å². The summed E-state index contributed by atoms with van der Waals surface area (Å²) in [6.07, 6.45) is 0.523. The van der Waals surface area contributed by atoms with Crippen molar-refractivity contribution >= 4 is 23.0 Å². The summed E-state index contributed by atoms with van der Waals surface area (Å²) in [5.41, 5.74) is 3.00. The minimum atomic E-state index is -0.299. The average molecular weight is 369 g/mol. The maximum Gasteiger partial charge on any atom is 0.128 e. The van der Waals surface area contributed by atoms with Crippen molar-refractivity contribution in [1.29, 1.82) is 0 Å². The lowest BCUT2D eigenvalue weighted by atomic mass is 9.98. The maximum atomic E-state index is 14.4. The van der Waals surface area contributed by atoms with Crippen molar-refractivity contribution in [1.82, 2.24) is 0 Å². The van der Waals surface area contributed by atoms with Crippen molar-refractivity contribution in [2.75, 3.05) is 5.01 Å². The van der Waals surface area contributed by atoms with Gasteiger partial charge in [0, 0.05) is 17.0 Å². The van der Waals surface area contributed by atoms with Gasteiger partial charge in [0.25, 0.3) is 0 Å². The molecule has 0 saturated heterocycles. The third kappa shape index (κ3) is 3.20. The van der Waals surface area contributed by atoms with Crippen LogP contribution in [-0.2, 0) is 0 Å². The Morgan fingerprint density at radius 1 is 0.885 bits per heavy atom. The second kappa shape index (κ2) is 6.89. The molecule has 26 heavy (non-hydrogen) atoms. The molecule has 1 atom stereocenters. The molecule has 0 aromatic heterocycles. The van der Waals surface area contributed by atoms with Gasteiger partial charge in [-0.1, -0.05) is 41.9 Å². The van der Waals surface area contributed by atoms with Crippen LogP contribution in [0.1, 0.15) is 23.6 Å². The number of halogens is 3. The van der Waals surface area contributed by atoms with Crippen LogP contribution in [0.15, 0.2) is 77.9 Å². The highest BCUT2D eigenvalue weighted by molar-refractivity contribution is 6.30. The molecule has 3 aromatic rings. The van der Waals surface area contributed by atoms with E-state index in [0.717, 1.165) is 17.0 Å². The molecule has 4 rings (SSSR count). The van der Waals surface area contributed by atoms with E-state index in [1.54, 1.807) is 41.4 Å². The molecule has 0 radical (unpaired) electrons. The summed E-state index contributed by atoms with van der Waals surface area (Å²) < 4.78 is 27.7. The molecule has 2 nitrogen and oxygen atoms in total. The van der Waals surface area contributed by atoms with E-state index in [1.165, 1.54) is 18.2 Å². The van der Waals surface area contributed by atoms with Crippen LogP contribution < -0.4 is 5.01 Å². The highest BCUT2D eigenvalue weighted by Crippen LogP contribution is 2.37. The minimum absolute atomic E-state index is 0.271. The molecule has 0 amide bonds. The molecule has 0 N–H and O–H groups in total. The lowest BCUT2D eigenvalue weighted by molar-refractivity contribution is 0.579. The molecule has 1 heterocycles. The van der Waals surface area contributed by atoms with E-state index < -0.39 is 0 Å². The number of hydrazone groups is 1. The molecular formula is C21H15ClF2N2. The first-order valence-electron chi connectivity index (χ1n) is 8.24. The van der Waals surface area contributed by atoms with Crippen LogP contribution in [0.5, 0.6) is 0 Å². The molecule has 1 aliphatic rings. The van der Waals surface area contributed by atoms with Crippen molar-refractivity contribution in [3.63, 3.8) is 0 Å². The van der Waals surface area contributed by atoms with Crippen LogP contribution in [0, 0.1) is 11.6 Å². The Hall–Kier alpha value is -2.72. The largest absolute Gasteiger partial charge is 0.257 e. The van der Waals surface area contributed by atoms with Gasteiger partial charge in [-0.25, -0.2) is 8.78 Å². The fourth-order valence-electron chi connectivity index (χ4n) is 3.15. The predicted octanol–water partition coefficient (Wildman–Crippen LogP) is 5.97. The number of hydrogen-bond donors (Lipinski definition) is 0. The number of nitrogens with zero attached hydrogens (tertiary/aromatic N) is 2. The first kappa shape index (κ1) is 16.7. The zero-order valence-corrected chi connectivity index (χ0v) is 14.5. The third-order valence-electron chi connectivity index (χ3n) is 4.44. The highest BCUT2D eigenvalue weighted by Gasteiger charge is 2.31. The second-order valence-electron chi connectivity index (χ2n) is 6.12. The number of rotatable bonds is 3. The van der Waals surface area contributed by atoms with E-state index in [4.69, 9.17) is 16.7 Å². The summed E-state index contributed by atoms with van der Waals surface area (Å²) in [5.74, 6) is -0.570. The molecule has 0 saturated carbocycles. The monoisotopic (exact) mass is 368 g/mol. The molecular weight excluding hydrogens is 354 g/mol. The van der Waals surface area contributed by atoms with Crippen molar-refractivity contribution < 1.29 is 8.78 Å².